The lowest BCUT2D eigenvalue weighted by Gasteiger charge is -2.15. The average molecular weight is 372 g/mol. The number of hydrogen-bond donors (Lipinski definition) is 1. The number of benzene rings is 2. The molecule has 7 nitrogen and oxygen atoms in total. The van der Waals surface area contributed by atoms with E-state index in [0.29, 0.717) is 28.6 Å². The first kappa shape index (κ1) is 19.8. The zero-order valence-corrected chi connectivity index (χ0v) is 15.2. The van der Waals surface area contributed by atoms with Crippen LogP contribution in [0.4, 0.5) is 0 Å². The molecule has 0 amide bonds. The smallest absolute Gasteiger partial charge is 0.328 e. The zero-order chi connectivity index (χ0) is 19.8. The summed E-state index contributed by atoms with van der Waals surface area (Å²) in [6.07, 6.45) is 2.46. The summed E-state index contributed by atoms with van der Waals surface area (Å²) in [6.45, 7) is 1.54. The van der Waals surface area contributed by atoms with E-state index in [9.17, 15) is 9.59 Å². The van der Waals surface area contributed by atoms with Crippen molar-refractivity contribution in [2.24, 2.45) is 0 Å². The SMILES string of the molecule is COc1cc(C=CC(=O)O)cc(OC)c1Oc1ccc(COC(C)=O)cc1. The summed E-state index contributed by atoms with van der Waals surface area (Å²) in [5.74, 6) is 0.280. The molecule has 0 unspecified atom stereocenters. The van der Waals surface area contributed by atoms with Gasteiger partial charge in [0.15, 0.2) is 11.5 Å². The van der Waals surface area contributed by atoms with E-state index in [1.54, 1.807) is 36.4 Å². The number of carboxylic acids is 1. The Balaban J connectivity index is 2.26. The van der Waals surface area contributed by atoms with Crippen molar-refractivity contribution in [1.82, 2.24) is 0 Å². The van der Waals surface area contributed by atoms with Crippen LogP contribution in [0.2, 0.25) is 0 Å². The van der Waals surface area contributed by atoms with E-state index in [4.69, 9.17) is 24.1 Å². The fourth-order valence-corrected chi connectivity index (χ4v) is 2.22. The second kappa shape index (κ2) is 9.28. The fraction of sp³-hybridized carbons (Fsp3) is 0.200. The zero-order valence-electron chi connectivity index (χ0n) is 15.2. The number of hydrogen-bond acceptors (Lipinski definition) is 6. The Kier molecular flexibility index (Phi) is 6.82. The predicted molar refractivity (Wildman–Crippen MR) is 98.2 cm³/mol. The molecule has 0 heterocycles. The maximum absolute atomic E-state index is 10.9. The highest BCUT2D eigenvalue weighted by molar-refractivity contribution is 5.85. The minimum absolute atomic E-state index is 0.187. The predicted octanol–water partition coefficient (Wildman–Crippen LogP) is 3.66. The minimum Gasteiger partial charge on any atom is -0.493 e. The highest BCUT2D eigenvalue weighted by Crippen LogP contribution is 2.41. The van der Waals surface area contributed by atoms with Gasteiger partial charge in [-0.2, -0.15) is 0 Å². The minimum atomic E-state index is -1.05. The third-order valence-corrected chi connectivity index (χ3v) is 3.49. The van der Waals surface area contributed by atoms with Crippen molar-refractivity contribution in [2.45, 2.75) is 13.5 Å². The van der Waals surface area contributed by atoms with Crippen molar-refractivity contribution < 1.29 is 33.6 Å². The highest BCUT2D eigenvalue weighted by atomic mass is 16.5. The number of esters is 1. The maximum Gasteiger partial charge on any atom is 0.328 e. The lowest BCUT2D eigenvalue weighted by atomic mass is 10.1. The molecule has 27 heavy (non-hydrogen) atoms. The highest BCUT2D eigenvalue weighted by Gasteiger charge is 2.15. The molecular formula is C20H20O7. The second-order valence-corrected chi connectivity index (χ2v) is 5.45. The number of carbonyl (C=O) groups excluding carboxylic acids is 1. The molecule has 2 rings (SSSR count). The van der Waals surface area contributed by atoms with Gasteiger partial charge in [0.25, 0.3) is 0 Å². The lowest BCUT2D eigenvalue weighted by Crippen LogP contribution is -1.99. The van der Waals surface area contributed by atoms with Gasteiger partial charge >= 0.3 is 11.9 Å². The molecule has 0 aliphatic carbocycles. The molecule has 142 valence electrons. The topological polar surface area (TPSA) is 91.3 Å². The normalized spacial score (nSPS) is 10.5. The summed E-state index contributed by atoms with van der Waals surface area (Å²) in [6, 6.07) is 10.3. The molecule has 0 saturated carbocycles. The largest absolute Gasteiger partial charge is 0.493 e. The van der Waals surface area contributed by atoms with E-state index in [0.717, 1.165) is 11.6 Å². The Labute approximate surface area is 156 Å². The summed E-state index contributed by atoms with van der Waals surface area (Å²) >= 11 is 0. The first-order valence-corrected chi connectivity index (χ1v) is 8.00. The number of ether oxygens (including phenoxy) is 4. The average Bonchev–Trinajstić information content (AvgIpc) is 2.66. The molecule has 0 aliphatic rings. The monoisotopic (exact) mass is 372 g/mol. The molecule has 2 aromatic rings. The maximum atomic E-state index is 10.9. The van der Waals surface area contributed by atoms with Crippen LogP contribution in [0.5, 0.6) is 23.0 Å². The van der Waals surface area contributed by atoms with Crippen molar-refractivity contribution >= 4 is 18.0 Å². The van der Waals surface area contributed by atoms with Crippen LogP contribution in [0.25, 0.3) is 6.08 Å². The van der Waals surface area contributed by atoms with Crippen LogP contribution in [0.15, 0.2) is 42.5 Å². The molecule has 0 aromatic heterocycles. The number of rotatable bonds is 8. The number of aliphatic carboxylic acids is 1. The molecule has 0 atom stereocenters. The van der Waals surface area contributed by atoms with Crippen LogP contribution in [-0.2, 0) is 20.9 Å². The Morgan fingerprint density at radius 1 is 1.04 bits per heavy atom. The first-order valence-electron chi connectivity index (χ1n) is 8.00. The summed E-state index contributed by atoms with van der Waals surface area (Å²) in [4.78, 5) is 21.6. The van der Waals surface area contributed by atoms with Crippen molar-refractivity contribution in [3.8, 4) is 23.0 Å². The van der Waals surface area contributed by atoms with Crippen LogP contribution < -0.4 is 14.2 Å². The molecule has 0 saturated heterocycles. The fourth-order valence-electron chi connectivity index (χ4n) is 2.22. The number of carbonyl (C=O) groups is 2. The van der Waals surface area contributed by atoms with Gasteiger partial charge in [-0.1, -0.05) is 12.1 Å². The number of carboxylic acid groups (broad SMARTS) is 1. The van der Waals surface area contributed by atoms with E-state index >= 15 is 0 Å². The van der Waals surface area contributed by atoms with Gasteiger partial charge < -0.3 is 24.1 Å². The summed E-state index contributed by atoms with van der Waals surface area (Å²) < 4.78 is 21.5. The van der Waals surface area contributed by atoms with Gasteiger partial charge in [0.1, 0.15) is 12.4 Å². The van der Waals surface area contributed by atoms with Gasteiger partial charge in [-0.15, -0.1) is 0 Å². The van der Waals surface area contributed by atoms with E-state index in [2.05, 4.69) is 0 Å². The molecule has 0 spiro atoms. The van der Waals surface area contributed by atoms with Crippen LogP contribution >= 0.6 is 0 Å². The molecular weight excluding hydrogens is 352 g/mol. The van der Waals surface area contributed by atoms with Gasteiger partial charge in [-0.05, 0) is 41.5 Å². The molecule has 0 radical (unpaired) electrons. The Hall–Kier alpha value is -3.48. The molecule has 7 heteroatoms. The first-order chi connectivity index (χ1) is 12.9. The van der Waals surface area contributed by atoms with E-state index in [-0.39, 0.29) is 12.6 Å². The second-order valence-electron chi connectivity index (χ2n) is 5.45. The van der Waals surface area contributed by atoms with Gasteiger partial charge in [0.05, 0.1) is 14.2 Å². The van der Waals surface area contributed by atoms with Crippen molar-refractivity contribution in [3.05, 3.63) is 53.6 Å². The van der Waals surface area contributed by atoms with Crippen molar-refractivity contribution in [2.75, 3.05) is 14.2 Å². The van der Waals surface area contributed by atoms with E-state index < -0.39 is 5.97 Å². The summed E-state index contributed by atoms with van der Waals surface area (Å²) in [5.41, 5.74) is 1.42. The van der Waals surface area contributed by atoms with Crippen LogP contribution in [-0.4, -0.2) is 31.3 Å². The summed E-state index contributed by atoms with van der Waals surface area (Å²) in [7, 11) is 2.96. The molecule has 1 N–H and O–H groups in total. The van der Waals surface area contributed by atoms with E-state index in [1.165, 1.54) is 27.2 Å². The lowest BCUT2D eigenvalue weighted by molar-refractivity contribution is -0.142. The Morgan fingerprint density at radius 2 is 1.63 bits per heavy atom. The Morgan fingerprint density at radius 3 is 2.11 bits per heavy atom. The number of methoxy groups -OCH3 is 2. The molecule has 2 aromatic carbocycles. The van der Waals surface area contributed by atoms with Crippen molar-refractivity contribution in [1.29, 1.82) is 0 Å². The molecule has 0 bridgehead atoms. The van der Waals surface area contributed by atoms with Crippen LogP contribution in [0.1, 0.15) is 18.1 Å². The summed E-state index contributed by atoms with van der Waals surface area (Å²) in [5, 5.41) is 8.77. The molecule has 0 fully saturated rings. The third-order valence-electron chi connectivity index (χ3n) is 3.49. The standard InChI is InChI=1S/C20H20O7/c1-13(21)26-12-14-4-7-16(8-5-14)27-20-17(24-2)10-15(6-9-19(22)23)11-18(20)25-3/h4-11H,12H2,1-3H3,(H,22,23). The molecule has 0 aliphatic heterocycles. The van der Waals surface area contributed by atoms with Gasteiger partial charge in [0.2, 0.25) is 5.75 Å². The van der Waals surface area contributed by atoms with Gasteiger partial charge in [-0.3, -0.25) is 4.79 Å². The Bertz CT molecular complexity index is 813. The van der Waals surface area contributed by atoms with Crippen molar-refractivity contribution in [3.63, 3.8) is 0 Å². The van der Waals surface area contributed by atoms with Crippen LogP contribution in [0, 0.1) is 0 Å². The third kappa shape index (κ3) is 5.78. The van der Waals surface area contributed by atoms with Gasteiger partial charge in [0, 0.05) is 13.0 Å². The van der Waals surface area contributed by atoms with E-state index in [1.807, 2.05) is 0 Å². The quantitative estimate of drug-likeness (QED) is 0.558. The van der Waals surface area contributed by atoms with Crippen LogP contribution in [0.3, 0.4) is 0 Å². The van der Waals surface area contributed by atoms with Gasteiger partial charge in [-0.25, -0.2) is 4.79 Å².